The van der Waals surface area contributed by atoms with Gasteiger partial charge in [-0.05, 0) is 19.1 Å². The molecular weight excluding hydrogens is 208 g/mol. The van der Waals surface area contributed by atoms with Gasteiger partial charge in [-0.2, -0.15) is 0 Å². The van der Waals surface area contributed by atoms with Gasteiger partial charge in [0.15, 0.2) is 5.69 Å². The zero-order chi connectivity index (χ0) is 11.5. The fraction of sp³-hybridized carbons (Fsp3) is 0.100. The largest absolute Gasteiger partial charge is 0.397 e. The summed E-state index contributed by atoms with van der Waals surface area (Å²) < 4.78 is 4.79. The molecule has 0 aromatic carbocycles. The molecular formula is C10H10N4O2. The van der Waals surface area contributed by atoms with E-state index in [-0.39, 0.29) is 11.6 Å². The van der Waals surface area contributed by atoms with E-state index in [0.717, 1.165) is 0 Å². The molecule has 6 nitrogen and oxygen atoms in total. The van der Waals surface area contributed by atoms with Crippen molar-refractivity contribution in [3.8, 4) is 0 Å². The molecule has 0 aliphatic rings. The van der Waals surface area contributed by atoms with Crippen LogP contribution in [-0.2, 0) is 0 Å². The predicted molar refractivity (Wildman–Crippen MR) is 57.8 cm³/mol. The third-order valence-corrected chi connectivity index (χ3v) is 1.89. The molecule has 2 aromatic rings. The van der Waals surface area contributed by atoms with Crippen molar-refractivity contribution in [2.45, 2.75) is 6.92 Å². The Kier molecular flexibility index (Phi) is 2.55. The smallest absolute Gasteiger partial charge is 0.279 e. The molecule has 0 unspecified atom stereocenters. The Morgan fingerprint density at radius 3 is 2.88 bits per heavy atom. The lowest BCUT2D eigenvalue weighted by atomic mass is 10.3. The second-order valence-electron chi connectivity index (χ2n) is 3.25. The highest BCUT2D eigenvalue weighted by Crippen LogP contribution is 2.08. The summed E-state index contributed by atoms with van der Waals surface area (Å²) in [5.41, 5.74) is 6.23. The molecule has 6 heteroatoms. The molecule has 0 aliphatic carbocycles. The van der Waals surface area contributed by atoms with Crippen LogP contribution in [0.15, 0.2) is 28.9 Å². The van der Waals surface area contributed by atoms with Crippen LogP contribution in [0.1, 0.15) is 16.2 Å². The third kappa shape index (κ3) is 2.17. The summed E-state index contributed by atoms with van der Waals surface area (Å²) in [6.45, 7) is 1.71. The summed E-state index contributed by atoms with van der Waals surface area (Å²) in [6, 6.07) is 4.81. The minimum absolute atomic E-state index is 0.219. The number of nitrogens with two attached hydrogens (primary N) is 1. The van der Waals surface area contributed by atoms with Crippen LogP contribution in [-0.4, -0.2) is 16.0 Å². The lowest BCUT2D eigenvalue weighted by Gasteiger charge is -2.01. The number of hydrogen-bond donors (Lipinski definition) is 2. The number of carbonyl (C=O) groups excluding carboxylic acids is 1. The van der Waals surface area contributed by atoms with E-state index >= 15 is 0 Å². The molecule has 2 aromatic heterocycles. The first-order chi connectivity index (χ1) is 7.65. The number of carbonyl (C=O) groups is 1. The SMILES string of the molecule is Cc1cc(C(=O)Nc2ccc(N)cn2)no1. The number of amides is 1. The van der Waals surface area contributed by atoms with Crippen LogP contribution in [0.3, 0.4) is 0 Å². The van der Waals surface area contributed by atoms with Crippen molar-refractivity contribution in [1.29, 1.82) is 0 Å². The standard InChI is InChI=1S/C10H10N4O2/c1-6-4-8(14-16-6)10(15)13-9-3-2-7(11)5-12-9/h2-5H,11H2,1H3,(H,12,13,15). The maximum atomic E-state index is 11.6. The summed E-state index contributed by atoms with van der Waals surface area (Å²) in [7, 11) is 0. The second kappa shape index (κ2) is 4.01. The van der Waals surface area contributed by atoms with Crippen LogP contribution >= 0.6 is 0 Å². The van der Waals surface area contributed by atoms with Gasteiger partial charge in [0.1, 0.15) is 11.6 Å². The monoisotopic (exact) mass is 218 g/mol. The Bertz CT molecular complexity index is 504. The molecule has 0 bridgehead atoms. The first kappa shape index (κ1) is 10.2. The maximum Gasteiger partial charge on any atom is 0.279 e. The zero-order valence-electron chi connectivity index (χ0n) is 8.60. The van der Waals surface area contributed by atoms with E-state index in [1.54, 1.807) is 25.1 Å². The Morgan fingerprint density at radius 2 is 2.31 bits per heavy atom. The van der Waals surface area contributed by atoms with Crippen molar-refractivity contribution in [2.75, 3.05) is 11.1 Å². The molecule has 0 fully saturated rings. The summed E-state index contributed by atoms with van der Waals surface area (Å²) in [5.74, 6) is 0.629. The minimum atomic E-state index is -0.367. The van der Waals surface area contributed by atoms with E-state index in [9.17, 15) is 4.79 Å². The maximum absolute atomic E-state index is 11.6. The average molecular weight is 218 g/mol. The van der Waals surface area contributed by atoms with Gasteiger partial charge >= 0.3 is 0 Å². The van der Waals surface area contributed by atoms with E-state index in [4.69, 9.17) is 10.3 Å². The number of hydrogen-bond acceptors (Lipinski definition) is 5. The highest BCUT2D eigenvalue weighted by molar-refractivity contribution is 6.02. The third-order valence-electron chi connectivity index (χ3n) is 1.89. The summed E-state index contributed by atoms with van der Waals surface area (Å²) in [5, 5.41) is 6.16. The Morgan fingerprint density at radius 1 is 1.50 bits per heavy atom. The summed E-state index contributed by atoms with van der Waals surface area (Å²) in [4.78, 5) is 15.5. The molecule has 0 saturated carbocycles. The van der Waals surface area contributed by atoms with E-state index in [2.05, 4.69) is 15.5 Å². The minimum Gasteiger partial charge on any atom is -0.397 e. The molecule has 2 rings (SSSR count). The molecule has 3 N–H and O–H groups in total. The lowest BCUT2D eigenvalue weighted by molar-refractivity contribution is 0.101. The summed E-state index contributed by atoms with van der Waals surface area (Å²) >= 11 is 0. The molecule has 2 heterocycles. The summed E-state index contributed by atoms with van der Waals surface area (Å²) in [6.07, 6.45) is 1.46. The first-order valence-corrected chi connectivity index (χ1v) is 4.61. The number of anilines is 2. The van der Waals surface area contributed by atoms with Crippen LogP contribution < -0.4 is 11.1 Å². The molecule has 0 aliphatic heterocycles. The predicted octanol–water partition coefficient (Wildman–Crippen LogP) is 1.21. The van der Waals surface area contributed by atoms with Gasteiger partial charge < -0.3 is 15.6 Å². The second-order valence-corrected chi connectivity index (χ2v) is 3.25. The molecule has 16 heavy (non-hydrogen) atoms. The Balaban J connectivity index is 2.10. The highest BCUT2D eigenvalue weighted by atomic mass is 16.5. The number of rotatable bonds is 2. The topological polar surface area (TPSA) is 94.0 Å². The number of nitrogens with zero attached hydrogens (tertiary/aromatic N) is 2. The fourth-order valence-electron chi connectivity index (χ4n) is 1.13. The van der Waals surface area contributed by atoms with Crippen molar-refractivity contribution in [2.24, 2.45) is 0 Å². The number of nitrogen functional groups attached to an aromatic ring is 1. The van der Waals surface area contributed by atoms with Gasteiger partial charge in [-0.15, -0.1) is 0 Å². The molecule has 0 saturated heterocycles. The Labute approximate surface area is 91.5 Å². The van der Waals surface area contributed by atoms with Gasteiger partial charge in [0, 0.05) is 6.07 Å². The highest BCUT2D eigenvalue weighted by Gasteiger charge is 2.11. The number of pyridine rings is 1. The average Bonchev–Trinajstić information content (AvgIpc) is 2.68. The molecule has 0 spiro atoms. The normalized spacial score (nSPS) is 10.1. The molecule has 0 atom stereocenters. The quantitative estimate of drug-likeness (QED) is 0.790. The van der Waals surface area contributed by atoms with E-state index in [1.165, 1.54) is 6.20 Å². The van der Waals surface area contributed by atoms with E-state index in [0.29, 0.717) is 17.3 Å². The van der Waals surface area contributed by atoms with Crippen LogP contribution in [0.4, 0.5) is 11.5 Å². The van der Waals surface area contributed by atoms with Crippen LogP contribution in [0.5, 0.6) is 0 Å². The van der Waals surface area contributed by atoms with Gasteiger partial charge in [-0.25, -0.2) is 4.98 Å². The van der Waals surface area contributed by atoms with Crippen molar-refractivity contribution in [3.05, 3.63) is 35.9 Å². The van der Waals surface area contributed by atoms with Crippen LogP contribution in [0.25, 0.3) is 0 Å². The van der Waals surface area contributed by atoms with Crippen LogP contribution in [0.2, 0.25) is 0 Å². The number of aromatic nitrogens is 2. The van der Waals surface area contributed by atoms with Gasteiger partial charge in [0.2, 0.25) is 0 Å². The molecule has 1 amide bonds. The van der Waals surface area contributed by atoms with E-state index in [1.807, 2.05) is 0 Å². The van der Waals surface area contributed by atoms with Gasteiger partial charge in [-0.3, -0.25) is 4.79 Å². The van der Waals surface area contributed by atoms with Gasteiger partial charge in [-0.1, -0.05) is 5.16 Å². The molecule has 0 radical (unpaired) electrons. The van der Waals surface area contributed by atoms with Crippen molar-refractivity contribution in [3.63, 3.8) is 0 Å². The lowest BCUT2D eigenvalue weighted by Crippen LogP contribution is -2.13. The Hall–Kier alpha value is -2.37. The molecule has 82 valence electrons. The van der Waals surface area contributed by atoms with Crippen molar-refractivity contribution in [1.82, 2.24) is 10.1 Å². The van der Waals surface area contributed by atoms with Crippen molar-refractivity contribution < 1.29 is 9.32 Å². The van der Waals surface area contributed by atoms with Gasteiger partial charge in [0.25, 0.3) is 5.91 Å². The van der Waals surface area contributed by atoms with Gasteiger partial charge in [0.05, 0.1) is 11.9 Å². The number of nitrogens with one attached hydrogen (secondary N) is 1. The number of aryl methyl sites for hydroxylation is 1. The van der Waals surface area contributed by atoms with Crippen molar-refractivity contribution >= 4 is 17.4 Å². The zero-order valence-corrected chi connectivity index (χ0v) is 8.60. The first-order valence-electron chi connectivity index (χ1n) is 4.61. The van der Waals surface area contributed by atoms with E-state index < -0.39 is 0 Å². The van der Waals surface area contributed by atoms with Crippen LogP contribution in [0, 0.1) is 6.92 Å². The fourth-order valence-corrected chi connectivity index (χ4v) is 1.13.